The fraction of sp³-hybridized carbons (Fsp3) is 0. The number of hydrogen-bond acceptors (Lipinski definition) is 3. The molecule has 4 nitrogen and oxygen atoms in total. The highest BCUT2D eigenvalue weighted by atomic mass is 127. The minimum atomic E-state index is -0.338. The van der Waals surface area contributed by atoms with Gasteiger partial charge < -0.3 is 4.57 Å². The minimum absolute atomic E-state index is 0.325. The van der Waals surface area contributed by atoms with Crippen molar-refractivity contribution in [3.05, 3.63) is 56.8 Å². The molecule has 2 heterocycles. The van der Waals surface area contributed by atoms with Gasteiger partial charge in [-0.05, 0) is 76.8 Å². The van der Waals surface area contributed by atoms with E-state index in [4.69, 9.17) is 0 Å². The Labute approximate surface area is 133 Å². The Morgan fingerprint density at radius 3 is 2.55 bits per heavy atom. The van der Waals surface area contributed by atoms with Crippen LogP contribution in [0.25, 0.3) is 11.8 Å². The lowest BCUT2D eigenvalue weighted by Gasteiger charge is -2.06. The molecule has 0 spiro atoms. The van der Waals surface area contributed by atoms with Crippen LogP contribution in [0, 0.1) is 3.57 Å². The fourth-order valence-corrected chi connectivity index (χ4v) is 2.93. The summed E-state index contributed by atoms with van der Waals surface area (Å²) < 4.78 is 3.13. The highest BCUT2D eigenvalue weighted by Gasteiger charge is 2.25. The number of benzene rings is 1. The van der Waals surface area contributed by atoms with Crippen LogP contribution in [0.3, 0.4) is 0 Å². The van der Waals surface area contributed by atoms with E-state index in [0.29, 0.717) is 4.91 Å². The summed E-state index contributed by atoms with van der Waals surface area (Å²) in [5.41, 5.74) is 1.87. The molecule has 100 valence electrons. The largest absolute Gasteiger partial charge is 0.317 e. The Bertz CT molecular complexity index is 719. The van der Waals surface area contributed by atoms with Crippen molar-refractivity contribution in [2.75, 3.05) is 0 Å². The normalized spacial score (nSPS) is 16.8. The molecular weight excluding hydrogens is 387 g/mol. The lowest BCUT2D eigenvalue weighted by Crippen LogP contribution is -2.17. The zero-order valence-electron chi connectivity index (χ0n) is 10.2. The molecule has 0 atom stereocenters. The van der Waals surface area contributed by atoms with Gasteiger partial charge in [0.25, 0.3) is 11.1 Å². The number of aromatic nitrogens is 1. The van der Waals surface area contributed by atoms with Crippen LogP contribution in [0.2, 0.25) is 0 Å². The number of carbonyl (C=O) groups excluding carboxylic acids is 2. The second kappa shape index (κ2) is 5.45. The number of imide groups is 1. The van der Waals surface area contributed by atoms with Crippen molar-refractivity contribution >= 4 is 51.6 Å². The van der Waals surface area contributed by atoms with Gasteiger partial charge in [0.05, 0.1) is 4.91 Å². The van der Waals surface area contributed by atoms with Crippen molar-refractivity contribution < 1.29 is 9.59 Å². The summed E-state index contributed by atoms with van der Waals surface area (Å²) in [6.45, 7) is 0. The third kappa shape index (κ3) is 2.66. The van der Waals surface area contributed by atoms with Crippen molar-refractivity contribution in [3.63, 3.8) is 0 Å². The first kappa shape index (κ1) is 13.4. The molecule has 1 aliphatic heterocycles. The zero-order valence-corrected chi connectivity index (χ0v) is 13.1. The topological polar surface area (TPSA) is 51.1 Å². The molecule has 1 saturated heterocycles. The molecule has 1 aliphatic rings. The average Bonchev–Trinajstić information content (AvgIpc) is 2.98. The molecule has 2 aromatic rings. The van der Waals surface area contributed by atoms with E-state index in [1.54, 1.807) is 6.08 Å². The Hall–Kier alpha value is -1.54. The first-order valence-electron chi connectivity index (χ1n) is 5.81. The van der Waals surface area contributed by atoms with Gasteiger partial charge >= 0.3 is 0 Å². The molecule has 1 aromatic carbocycles. The van der Waals surface area contributed by atoms with Crippen molar-refractivity contribution in [2.24, 2.45) is 0 Å². The molecule has 0 saturated carbocycles. The number of nitrogens with one attached hydrogen (secondary N) is 1. The third-order valence-corrected chi connectivity index (χ3v) is 4.34. The summed E-state index contributed by atoms with van der Waals surface area (Å²) in [4.78, 5) is 23.2. The van der Waals surface area contributed by atoms with Crippen LogP contribution in [-0.4, -0.2) is 15.7 Å². The Morgan fingerprint density at radius 2 is 1.90 bits per heavy atom. The van der Waals surface area contributed by atoms with E-state index in [1.807, 2.05) is 47.2 Å². The summed E-state index contributed by atoms with van der Waals surface area (Å²) in [5.74, 6) is -0.338. The van der Waals surface area contributed by atoms with Gasteiger partial charge in [0.2, 0.25) is 0 Å². The minimum Gasteiger partial charge on any atom is -0.317 e. The van der Waals surface area contributed by atoms with Gasteiger partial charge in [-0.15, -0.1) is 0 Å². The molecule has 0 radical (unpaired) electrons. The molecule has 1 N–H and O–H groups in total. The van der Waals surface area contributed by atoms with Crippen LogP contribution in [0.15, 0.2) is 47.5 Å². The number of carbonyl (C=O) groups is 2. The van der Waals surface area contributed by atoms with Gasteiger partial charge in [0.1, 0.15) is 0 Å². The summed E-state index contributed by atoms with van der Waals surface area (Å²) in [5, 5.41) is 1.93. The van der Waals surface area contributed by atoms with Crippen LogP contribution >= 0.6 is 34.4 Å². The smallest absolute Gasteiger partial charge is 0.290 e. The van der Waals surface area contributed by atoms with E-state index in [0.717, 1.165) is 26.7 Å². The average molecular weight is 396 g/mol. The van der Waals surface area contributed by atoms with Crippen LogP contribution in [0.4, 0.5) is 4.79 Å². The molecule has 20 heavy (non-hydrogen) atoms. The van der Waals surface area contributed by atoms with Crippen molar-refractivity contribution in [2.45, 2.75) is 0 Å². The van der Waals surface area contributed by atoms with Gasteiger partial charge in [0, 0.05) is 21.1 Å². The summed E-state index contributed by atoms with van der Waals surface area (Å²) >= 11 is 3.18. The molecule has 6 heteroatoms. The number of halogens is 1. The SMILES string of the molecule is O=C1NC(=O)/C(=C/c2cccn2-c2ccc(I)cc2)S1. The van der Waals surface area contributed by atoms with E-state index < -0.39 is 0 Å². The molecule has 1 aromatic heterocycles. The van der Waals surface area contributed by atoms with Gasteiger partial charge in [-0.3, -0.25) is 14.9 Å². The maximum absolute atomic E-state index is 11.6. The number of hydrogen-bond donors (Lipinski definition) is 1. The lowest BCUT2D eigenvalue weighted by molar-refractivity contribution is -0.115. The van der Waals surface area contributed by atoms with E-state index in [2.05, 4.69) is 27.9 Å². The monoisotopic (exact) mass is 396 g/mol. The number of nitrogens with zero attached hydrogens (tertiary/aromatic N) is 1. The van der Waals surface area contributed by atoms with Gasteiger partial charge in [-0.2, -0.15) is 0 Å². The highest BCUT2D eigenvalue weighted by molar-refractivity contribution is 14.1. The number of thioether (sulfide) groups is 1. The highest BCUT2D eigenvalue weighted by Crippen LogP contribution is 2.26. The fourth-order valence-electron chi connectivity index (χ4n) is 1.90. The van der Waals surface area contributed by atoms with Crippen molar-refractivity contribution in [1.29, 1.82) is 0 Å². The van der Waals surface area contributed by atoms with Gasteiger partial charge in [-0.1, -0.05) is 0 Å². The molecule has 0 aliphatic carbocycles. The molecule has 0 unspecified atom stereocenters. The number of amides is 2. The summed E-state index contributed by atoms with van der Waals surface area (Å²) in [6, 6.07) is 11.9. The maximum atomic E-state index is 11.6. The Morgan fingerprint density at radius 1 is 1.15 bits per heavy atom. The van der Waals surface area contributed by atoms with Crippen molar-refractivity contribution in [3.8, 4) is 5.69 Å². The first-order valence-corrected chi connectivity index (χ1v) is 7.71. The maximum Gasteiger partial charge on any atom is 0.290 e. The lowest BCUT2D eigenvalue weighted by atomic mass is 10.3. The van der Waals surface area contributed by atoms with Crippen LogP contribution in [0.5, 0.6) is 0 Å². The Kier molecular flexibility index (Phi) is 3.66. The standard InChI is InChI=1S/C14H9IN2O2S/c15-9-3-5-10(6-4-9)17-7-1-2-11(17)8-12-13(18)16-14(19)20-12/h1-8H,(H,16,18,19)/b12-8-. The van der Waals surface area contributed by atoms with Crippen LogP contribution in [-0.2, 0) is 4.79 Å². The quantitative estimate of drug-likeness (QED) is 0.626. The van der Waals surface area contributed by atoms with E-state index in [-0.39, 0.29) is 11.1 Å². The predicted molar refractivity (Wildman–Crippen MR) is 87.6 cm³/mol. The van der Waals surface area contributed by atoms with Crippen LogP contribution < -0.4 is 5.32 Å². The van der Waals surface area contributed by atoms with E-state index in [9.17, 15) is 9.59 Å². The summed E-state index contributed by atoms with van der Waals surface area (Å²) in [6.07, 6.45) is 3.65. The molecule has 3 rings (SSSR count). The van der Waals surface area contributed by atoms with Gasteiger partial charge in [0.15, 0.2) is 0 Å². The van der Waals surface area contributed by atoms with Crippen LogP contribution in [0.1, 0.15) is 5.69 Å². The second-order valence-corrected chi connectivity index (χ2v) is 6.39. The zero-order chi connectivity index (χ0) is 14.1. The second-order valence-electron chi connectivity index (χ2n) is 4.13. The van der Waals surface area contributed by atoms with Crippen molar-refractivity contribution in [1.82, 2.24) is 9.88 Å². The molecular formula is C14H9IN2O2S. The van der Waals surface area contributed by atoms with E-state index in [1.165, 1.54) is 0 Å². The molecule has 2 amide bonds. The third-order valence-electron chi connectivity index (χ3n) is 2.81. The van der Waals surface area contributed by atoms with Gasteiger partial charge in [-0.25, -0.2) is 0 Å². The Balaban J connectivity index is 1.99. The predicted octanol–water partition coefficient (Wildman–Crippen LogP) is 3.41. The molecule has 0 bridgehead atoms. The summed E-state index contributed by atoms with van der Waals surface area (Å²) in [7, 11) is 0. The number of rotatable bonds is 2. The first-order chi connectivity index (χ1) is 9.63. The molecule has 1 fully saturated rings. The van der Waals surface area contributed by atoms with E-state index >= 15 is 0 Å².